The van der Waals surface area contributed by atoms with Gasteiger partial charge in [-0.2, -0.15) is 0 Å². The fraction of sp³-hybridized carbons (Fsp3) is 0.619. The highest BCUT2D eigenvalue weighted by Crippen LogP contribution is 2.14. The van der Waals surface area contributed by atoms with E-state index in [1.165, 1.54) is 12.8 Å². The van der Waals surface area contributed by atoms with Gasteiger partial charge in [-0.15, -0.1) is 0 Å². The summed E-state index contributed by atoms with van der Waals surface area (Å²) in [5, 5.41) is 22.4. The number of nitrogens with one attached hydrogen (secondary N) is 2. The first-order valence-electron chi connectivity index (χ1n) is 19.3. The number of hydrogen-bond acceptors (Lipinski definition) is 6. The van der Waals surface area contributed by atoms with Crippen molar-refractivity contribution in [1.29, 1.82) is 0 Å². The van der Waals surface area contributed by atoms with E-state index in [0.717, 1.165) is 96.3 Å². The Hall–Kier alpha value is -3.72. The molecule has 0 radical (unpaired) electrons. The number of ether oxygens (including phenoxy) is 1. The van der Waals surface area contributed by atoms with Crippen LogP contribution in [0.15, 0.2) is 72.9 Å². The lowest BCUT2D eigenvalue weighted by Gasteiger charge is -2.15. The molecule has 0 heterocycles. The van der Waals surface area contributed by atoms with Crippen LogP contribution in [0.25, 0.3) is 0 Å². The molecule has 0 aromatic carbocycles. The topological polar surface area (TPSA) is 142 Å². The van der Waals surface area contributed by atoms with Crippen LogP contribution in [0.2, 0.25) is 0 Å². The second-order valence-electron chi connectivity index (χ2n) is 12.6. The Labute approximate surface area is 308 Å². The molecule has 0 saturated carbocycles. The number of hydrogen-bond donors (Lipinski definition) is 4. The first-order valence-corrected chi connectivity index (χ1v) is 19.3. The van der Waals surface area contributed by atoms with Crippen molar-refractivity contribution >= 4 is 23.8 Å². The number of aliphatic hydroxyl groups excluding tert-OH is 1. The number of amides is 2. The average molecular weight is 713 g/mol. The zero-order chi connectivity index (χ0) is 37.6. The number of aliphatic hydroxyl groups is 1. The van der Waals surface area contributed by atoms with Crippen LogP contribution in [-0.2, 0) is 23.9 Å². The second-order valence-corrected chi connectivity index (χ2v) is 12.6. The van der Waals surface area contributed by atoms with Crippen molar-refractivity contribution in [3.63, 3.8) is 0 Å². The molecular weight excluding hydrogens is 644 g/mol. The van der Waals surface area contributed by atoms with Crippen LogP contribution in [0.1, 0.15) is 142 Å². The van der Waals surface area contributed by atoms with Crippen LogP contribution in [0.3, 0.4) is 0 Å². The van der Waals surface area contributed by atoms with Crippen LogP contribution < -0.4 is 10.6 Å². The molecule has 0 aliphatic carbocycles. The fourth-order valence-corrected chi connectivity index (χ4v) is 4.95. The molecule has 0 aromatic rings. The molecule has 0 aromatic heterocycles. The summed E-state index contributed by atoms with van der Waals surface area (Å²) in [7, 11) is 0. The molecule has 9 nitrogen and oxygen atoms in total. The molecule has 0 saturated heterocycles. The number of carbonyl (C=O) groups is 4. The fourth-order valence-electron chi connectivity index (χ4n) is 4.95. The third-order valence-electron chi connectivity index (χ3n) is 7.90. The predicted octanol–water partition coefficient (Wildman–Crippen LogP) is 8.76. The Morgan fingerprint density at radius 1 is 0.627 bits per heavy atom. The van der Waals surface area contributed by atoms with E-state index in [0.29, 0.717) is 12.8 Å². The number of carbonyl (C=O) groups excluding carboxylic acids is 3. The largest absolute Gasteiger partial charge is 0.480 e. The van der Waals surface area contributed by atoms with Crippen molar-refractivity contribution in [1.82, 2.24) is 10.6 Å². The van der Waals surface area contributed by atoms with E-state index >= 15 is 0 Å². The van der Waals surface area contributed by atoms with Crippen LogP contribution >= 0.6 is 0 Å². The Morgan fingerprint density at radius 3 is 1.76 bits per heavy atom. The van der Waals surface area contributed by atoms with Gasteiger partial charge in [0, 0.05) is 12.8 Å². The quantitative estimate of drug-likeness (QED) is 0.0303. The molecule has 0 aliphatic rings. The number of esters is 1. The lowest BCUT2D eigenvalue weighted by molar-refractivity contribution is -0.147. The molecule has 0 bridgehead atoms. The predicted molar refractivity (Wildman–Crippen MR) is 208 cm³/mol. The Kier molecular flexibility index (Phi) is 33.5. The van der Waals surface area contributed by atoms with E-state index in [1.54, 1.807) is 0 Å². The summed E-state index contributed by atoms with van der Waals surface area (Å²) in [5.74, 6) is -2.45. The van der Waals surface area contributed by atoms with Gasteiger partial charge in [0.1, 0.15) is 12.1 Å². The maximum absolute atomic E-state index is 12.5. The molecule has 0 aliphatic heterocycles. The van der Waals surface area contributed by atoms with Gasteiger partial charge in [0.05, 0.1) is 13.2 Å². The number of unbranched alkanes of at least 4 members (excludes halogenated alkanes) is 9. The Morgan fingerprint density at radius 2 is 1.18 bits per heavy atom. The maximum Gasteiger partial charge on any atom is 0.328 e. The number of allylic oxidation sites excluding steroid dienone is 11. The molecular formula is C42H68N2O7. The van der Waals surface area contributed by atoms with Crippen molar-refractivity contribution < 1.29 is 34.1 Å². The van der Waals surface area contributed by atoms with Crippen LogP contribution in [0, 0.1) is 0 Å². The highest BCUT2D eigenvalue weighted by molar-refractivity contribution is 5.87. The van der Waals surface area contributed by atoms with Gasteiger partial charge in [-0.1, -0.05) is 119 Å². The molecule has 2 amide bonds. The molecule has 4 N–H and O–H groups in total. The van der Waals surface area contributed by atoms with E-state index in [-0.39, 0.29) is 30.9 Å². The minimum absolute atomic E-state index is 0.144. The molecule has 51 heavy (non-hydrogen) atoms. The van der Waals surface area contributed by atoms with Crippen molar-refractivity contribution in [2.45, 2.75) is 154 Å². The number of carboxylic acids is 1. The van der Waals surface area contributed by atoms with Crippen molar-refractivity contribution in [2.75, 3.05) is 13.2 Å². The van der Waals surface area contributed by atoms with E-state index in [9.17, 15) is 19.2 Å². The van der Waals surface area contributed by atoms with Crippen LogP contribution in [0.4, 0.5) is 0 Å². The number of aliphatic carboxylic acids is 1. The van der Waals surface area contributed by atoms with Gasteiger partial charge in [0.25, 0.3) is 0 Å². The van der Waals surface area contributed by atoms with E-state index in [4.69, 9.17) is 14.9 Å². The van der Waals surface area contributed by atoms with Gasteiger partial charge in [-0.25, -0.2) is 4.79 Å². The lowest BCUT2D eigenvalue weighted by Crippen LogP contribution is -2.47. The second kappa shape index (κ2) is 36.1. The SMILES string of the molecule is CC/C=C\C/C=C\C/C=C\C/C=C\C/C=C\CCCCCCCC(=O)OC(/C=C\CCC)CCCCCCC(=O)NCC(=O)NC(CO)C(=O)O. The van der Waals surface area contributed by atoms with Crippen LogP contribution in [0.5, 0.6) is 0 Å². The lowest BCUT2D eigenvalue weighted by atomic mass is 10.1. The first-order chi connectivity index (χ1) is 24.8. The average Bonchev–Trinajstić information content (AvgIpc) is 3.11. The summed E-state index contributed by atoms with van der Waals surface area (Å²) >= 11 is 0. The van der Waals surface area contributed by atoms with Gasteiger partial charge in [0.15, 0.2) is 0 Å². The van der Waals surface area contributed by atoms with Gasteiger partial charge in [0.2, 0.25) is 11.8 Å². The minimum Gasteiger partial charge on any atom is -0.480 e. The number of rotatable bonds is 33. The van der Waals surface area contributed by atoms with Gasteiger partial charge in [-0.05, 0) is 83.1 Å². The maximum atomic E-state index is 12.5. The smallest absolute Gasteiger partial charge is 0.328 e. The van der Waals surface area contributed by atoms with Crippen molar-refractivity contribution in [3.8, 4) is 0 Å². The molecule has 288 valence electrons. The standard InChI is InChI=1S/C42H68N2O7/c1-3-5-7-8-9-10-11-12-13-14-15-16-17-18-19-20-21-22-23-24-30-34-41(48)51-37(31-27-6-4-2)32-28-25-26-29-33-39(46)43-35-40(47)44-38(36-45)42(49)50/h5,7,9-10,12-13,15-16,18-19,27,31,37-38,45H,3-4,6,8,11,14,17,20-26,28-30,32-36H2,1-2H3,(H,43,46)(H,44,47)(H,49,50)/b7-5-,10-9-,13-12-,16-15-,19-18-,31-27-. The third kappa shape index (κ3) is 33.2. The summed E-state index contributed by atoms with van der Waals surface area (Å²) in [6.45, 7) is 3.19. The summed E-state index contributed by atoms with van der Waals surface area (Å²) < 4.78 is 5.79. The summed E-state index contributed by atoms with van der Waals surface area (Å²) in [4.78, 5) is 47.1. The van der Waals surface area contributed by atoms with E-state index < -0.39 is 24.5 Å². The van der Waals surface area contributed by atoms with Crippen LogP contribution in [-0.4, -0.2) is 59.3 Å². The van der Waals surface area contributed by atoms with E-state index in [1.807, 2.05) is 6.08 Å². The zero-order valence-corrected chi connectivity index (χ0v) is 31.6. The van der Waals surface area contributed by atoms with Gasteiger partial charge < -0.3 is 25.6 Å². The van der Waals surface area contributed by atoms with Gasteiger partial charge >= 0.3 is 11.9 Å². The molecule has 2 atom stereocenters. The van der Waals surface area contributed by atoms with Crippen molar-refractivity contribution in [3.05, 3.63) is 72.9 Å². The Bertz CT molecular complexity index is 1090. The van der Waals surface area contributed by atoms with Gasteiger partial charge in [-0.3, -0.25) is 14.4 Å². The monoisotopic (exact) mass is 713 g/mol. The minimum atomic E-state index is -1.39. The zero-order valence-electron chi connectivity index (χ0n) is 31.6. The molecule has 0 spiro atoms. The number of carboxylic acid groups (broad SMARTS) is 1. The molecule has 0 rings (SSSR count). The highest BCUT2D eigenvalue weighted by atomic mass is 16.5. The van der Waals surface area contributed by atoms with E-state index in [2.05, 4.69) is 91.3 Å². The third-order valence-corrected chi connectivity index (χ3v) is 7.90. The Balaban J connectivity index is 4.00. The molecule has 0 fully saturated rings. The normalized spacial score (nSPS) is 13.3. The summed E-state index contributed by atoms with van der Waals surface area (Å²) in [5.41, 5.74) is 0. The molecule has 2 unspecified atom stereocenters. The highest BCUT2D eigenvalue weighted by Gasteiger charge is 2.18. The van der Waals surface area contributed by atoms with Crippen molar-refractivity contribution in [2.24, 2.45) is 0 Å². The summed E-state index contributed by atoms with van der Waals surface area (Å²) in [6.07, 6.45) is 44.2. The molecule has 9 heteroatoms. The first kappa shape index (κ1) is 47.3. The summed E-state index contributed by atoms with van der Waals surface area (Å²) in [6, 6.07) is -1.39.